The monoisotopic (exact) mass is 447 g/mol. The van der Waals surface area contributed by atoms with Crippen LogP contribution in [0.15, 0.2) is 78.9 Å². The summed E-state index contributed by atoms with van der Waals surface area (Å²) in [6, 6.07) is 21.1. The second-order valence-corrected chi connectivity index (χ2v) is 7.58. The highest BCUT2D eigenvalue weighted by Gasteiger charge is 2.23. The average Bonchev–Trinajstić information content (AvgIpc) is 2.83. The number of nitrogens with zero attached hydrogens (tertiary/aromatic N) is 2. The highest BCUT2D eigenvalue weighted by atomic mass is 16.6. The molecular formula is C24H25N5O4. The summed E-state index contributed by atoms with van der Waals surface area (Å²) >= 11 is 0. The summed E-state index contributed by atoms with van der Waals surface area (Å²) in [5.41, 5.74) is 8.02. The molecule has 0 fully saturated rings. The van der Waals surface area contributed by atoms with E-state index < -0.39 is 22.8 Å². The molecule has 0 heterocycles. The lowest BCUT2D eigenvalue weighted by Crippen LogP contribution is -2.49. The van der Waals surface area contributed by atoms with Crippen LogP contribution in [0, 0.1) is 10.1 Å². The quantitative estimate of drug-likeness (QED) is 0.343. The zero-order valence-electron chi connectivity index (χ0n) is 18.3. The summed E-state index contributed by atoms with van der Waals surface area (Å²) in [4.78, 5) is 38.2. The van der Waals surface area contributed by atoms with Crippen LogP contribution in [0.25, 0.3) is 0 Å². The van der Waals surface area contributed by atoms with Crippen LogP contribution < -0.4 is 21.1 Å². The van der Waals surface area contributed by atoms with E-state index in [1.54, 1.807) is 42.5 Å². The second-order valence-electron chi connectivity index (χ2n) is 7.58. The van der Waals surface area contributed by atoms with E-state index in [0.717, 1.165) is 5.69 Å². The van der Waals surface area contributed by atoms with E-state index in [4.69, 9.17) is 0 Å². The predicted molar refractivity (Wildman–Crippen MR) is 127 cm³/mol. The highest BCUT2D eigenvalue weighted by Crippen LogP contribution is 2.16. The molecule has 0 spiro atoms. The molecule has 0 aliphatic rings. The first-order valence-electron chi connectivity index (χ1n) is 10.3. The number of nitro groups is 1. The number of carbonyl (C=O) groups is 2. The standard InChI is InChI=1S/C24H25N5O4/c1-28(2)21-10-6-7-18(16-21)23(30)25-22(15-17-11-13-20(14-12-17)29(32)33)24(31)27-26-19-8-4-3-5-9-19/h3-14,16,22,26H,15H2,1-2H3,(H,25,30)(H,27,31)/t22-/m0/s1. The fraction of sp³-hybridized carbons (Fsp3) is 0.167. The van der Waals surface area contributed by atoms with Crippen LogP contribution in [0.3, 0.4) is 0 Å². The molecule has 1 atom stereocenters. The summed E-state index contributed by atoms with van der Waals surface area (Å²) in [5.74, 6) is -0.852. The Morgan fingerprint density at radius 2 is 1.67 bits per heavy atom. The molecule has 0 saturated carbocycles. The molecule has 9 nitrogen and oxygen atoms in total. The van der Waals surface area contributed by atoms with Gasteiger partial charge in [0.05, 0.1) is 10.6 Å². The van der Waals surface area contributed by atoms with Crippen molar-refractivity contribution in [3.05, 3.63) is 100 Å². The molecule has 3 N–H and O–H groups in total. The fourth-order valence-corrected chi connectivity index (χ4v) is 3.11. The Kier molecular flexibility index (Phi) is 7.59. The summed E-state index contributed by atoms with van der Waals surface area (Å²) in [5, 5.41) is 13.7. The molecule has 0 unspecified atom stereocenters. The Morgan fingerprint density at radius 1 is 0.970 bits per heavy atom. The van der Waals surface area contributed by atoms with Crippen LogP contribution in [0.4, 0.5) is 17.1 Å². The number of rotatable bonds is 9. The first-order chi connectivity index (χ1) is 15.8. The number of hydrazine groups is 1. The van der Waals surface area contributed by atoms with Crippen molar-refractivity contribution in [1.82, 2.24) is 10.7 Å². The van der Waals surface area contributed by atoms with Crippen molar-refractivity contribution in [2.24, 2.45) is 0 Å². The molecule has 3 rings (SSSR count). The zero-order chi connectivity index (χ0) is 23.8. The number of para-hydroxylation sites is 1. The SMILES string of the molecule is CN(C)c1cccc(C(=O)N[C@@H](Cc2ccc([N+](=O)[O-])cc2)C(=O)NNc2ccccc2)c1. The Balaban J connectivity index is 1.77. The lowest BCUT2D eigenvalue weighted by molar-refractivity contribution is -0.384. The van der Waals surface area contributed by atoms with Crippen LogP contribution in [0.2, 0.25) is 0 Å². The largest absolute Gasteiger partial charge is 0.378 e. The van der Waals surface area contributed by atoms with Gasteiger partial charge >= 0.3 is 0 Å². The number of hydrogen-bond acceptors (Lipinski definition) is 6. The van der Waals surface area contributed by atoms with Crippen molar-refractivity contribution >= 4 is 28.9 Å². The third-order valence-corrected chi connectivity index (χ3v) is 4.94. The molecule has 0 aliphatic heterocycles. The maximum atomic E-state index is 12.9. The summed E-state index contributed by atoms with van der Waals surface area (Å²) < 4.78 is 0. The van der Waals surface area contributed by atoms with E-state index in [1.807, 2.05) is 43.3 Å². The average molecular weight is 447 g/mol. The van der Waals surface area contributed by atoms with E-state index in [0.29, 0.717) is 16.8 Å². The summed E-state index contributed by atoms with van der Waals surface area (Å²) in [6.45, 7) is 0. The minimum absolute atomic E-state index is 0.0463. The number of benzene rings is 3. The Hall–Kier alpha value is -4.40. The number of hydrogen-bond donors (Lipinski definition) is 3. The van der Waals surface area contributed by atoms with Gasteiger partial charge in [-0.2, -0.15) is 0 Å². The van der Waals surface area contributed by atoms with E-state index in [9.17, 15) is 19.7 Å². The van der Waals surface area contributed by atoms with Gasteiger partial charge in [-0.15, -0.1) is 0 Å². The second kappa shape index (κ2) is 10.8. The third kappa shape index (κ3) is 6.54. The summed E-state index contributed by atoms with van der Waals surface area (Å²) in [6.07, 6.45) is 0.152. The van der Waals surface area contributed by atoms with Crippen LogP contribution in [-0.4, -0.2) is 36.9 Å². The normalized spacial score (nSPS) is 11.2. The van der Waals surface area contributed by atoms with E-state index >= 15 is 0 Å². The van der Waals surface area contributed by atoms with Gasteiger partial charge in [-0.1, -0.05) is 36.4 Å². The molecular weight excluding hydrogens is 422 g/mol. The highest BCUT2D eigenvalue weighted by molar-refractivity contribution is 5.98. The first-order valence-corrected chi connectivity index (χ1v) is 10.3. The van der Waals surface area contributed by atoms with Crippen molar-refractivity contribution in [3.8, 4) is 0 Å². The molecule has 0 aromatic heterocycles. The van der Waals surface area contributed by atoms with Crippen molar-refractivity contribution in [3.63, 3.8) is 0 Å². The number of amides is 2. The van der Waals surface area contributed by atoms with Crippen molar-refractivity contribution in [1.29, 1.82) is 0 Å². The van der Waals surface area contributed by atoms with Crippen LogP contribution in [0.1, 0.15) is 15.9 Å². The maximum Gasteiger partial charge on any atom is 0.269 e. The topological polar surface area (TPSA) is 117 Å². The minimum Gasteiger partial charge on any atom is -0.378 e. The molecule has 3 aromatic rings. The zero-order valence-corrected chi connectivity index (χ0v) is 18.3. The van der Waals surface area contributed by atoms with Gasteiger partial charge in [0.25, 0.3) is 17.5 Å². The van der Waals surface area contributed by atoms with Crippen LogP contribution in [0.5, 0.6) is 0 Å². The van der Waals surface area contributed by atoms with Gasteiger partial charge in [0.2, 0.25) is 0 Å². The van der Waals surface area contributed by atoms with E-state index in [-0.39, 0.29) is 12.1 Å². The molecule has 2 amide bonds. The van der Waals surface area contributed by atoms with Crippen molar-refractivity contribution in [2.45, 2.75) is 12.5 Å². The number of anilines is 2. The minimum atomic E-state index is -0.918. The number of nitrogens with one attached hydrogen (secondary N) is 3. The van der Waals surface area contributed by atoms with Gasteiger partial charge in [0.1, 0.15) is 6.04 Å². The molecule has 0 aliphatic carbocycles. The van der Waals surface area contributed by atoms with Gasteiger partial charge < -0.3 is 10.2 Å². The smallest absolute Gasteiger partial charge is 0.269 e. The molecule has 9 heteroatoms. The molecule has 0 radical (unpaired) electrons. The van der Waals surface area contributed by atoms with Crippen LogP contribution >= 0.6 is 0 Å². The number of carbonyl (C=O) groups excluding carboxylic acids is 2. The first kappa shape index (κ1) is 23.3. The van der Waals surface area contributed by atoms with Gasteiger partial charge in [-0.25, -0.2) is 0 Å². The lowest BCUT2D eigenvalue weighted by atomic mass is 10.0. The van der Waals surface area contributed by atoms with Gasteiger partial charge in [0.15, 0.2) is 0 Å². The molecule has 170 valence electrons. The maximum absolute atomic E-state index is 12.9. The molecule has 0 saturated heterocycles. The fourth-order valence-electron chi connectivity index (χ4n) is 3.11. The van der Waals surface area contributed by atoms with Crippen LogP contribution in [-0.2, 0) is 11.2 Å². The van der Waals surface area contributed by atoms with Gasteiger partial charge in [0, 0.05) is 43.9 Å². The van der Waals surface area contributed by atoms with Crippen molar-refractivity contribution < 1.29 is 14.5 Å². The molecule has 3 aromatic carbocycles. The van der Waals surface area contributed by atoms with E-state index in [1.165, 1.54) is 12.1 Å². The Bertz CT molecular complexity index is 1120. The predicted octanol–water partition coefficient (Wildman–Crippen LogP) is 3.15. The third-order valence-electron chi connectivity index (χ3n) is 4.94. The lowest BCUT2D eigenvalue weighted by Gasteiger charge is -2.20. The van der Waals surface area contributed by atoms with E-state index in [2.05, 4.69) is 16.2 Å². The van der Waals surface area contributed by atoms with Gasteiger partial charge in [-0.05, 0) is 35.9 Å². The number of nitro benzene ring substituents is 1. The Labute approximate surface area is 191 Å². The molecule has 0 bridgehead atoms. The molecule has 33 heavy (non-hydrogen) atoms. The number of non-ortho nitro benzene ring substituents is 1. The summed E-state index contributed by atoms with van der Waals surface area (Å²) in [7, 11) is 3.74. The van der Waals surface area contributed by atoms with Gasteiger partial charge in [-0.3, -0.25) is 30.6 Å². The Morgan fingerprint density at radius 3 is 2.30 bits per heavy atom. The van der Waals surface area contributed by atoms with Crippen molar-refractivity contribution in [2.75, 3.05) is 24.4 Å².